The van der Waals surface area contributed by atoms with E-state index < -0.39 is 5.91 Å². The largest absolute Gasteiger partial charge is 0.303 e. The number of amidine groups is 1. The lowest BCUT2D eigenvalue weighted by Crippen LogP contribution is -2.10. The second-order valence-corrected chi connectivity index (χ2v) is 3.21. The lowest BCUT2D eigenvalue weighted by Gasteiger charge is -2.01. The standard InChI is InChI=1S/C10H5N5O/c16-10-7-8(6-4-2-1-3-5-6)11-12-9(7)13-15-14-10/h1-5H. The second-order valence-electron chi connectivity index (χ2n) is 3.21. The molecule has 2 aliphatic rings. The van der Waals surface area contributed by atoms with Gasteiger partial charge >= 0.3 is 5.91 Å². The lowest BCUT2D eigenvalue weighted by atomic mass is 10.1. The summed E-state index contributed by atoms with van der Waals surface area (Å²) >= 11 is 0. The Morgan fingerprint density at radius 3 is 2.56 bits per heavy atom. The van der Waals surface area contributed by atoms with E-state index in [9.17, 15) is 4.79 Å². The highest BCUT2D eigenvalue weighted by Gasteiger charge is 2.29. The Morgan fingerprint density at radius 2 is 1.75 bits per heavy atom. The second kappa shape index (κ2) is 3.27. The molecule has 1 aromatic rings. The zero-order chi connectivity index (χ0) is 11.0. The first-order valence-corrected chi connectivity index (χ1v) is 4.61. The Hall–Kier alpha value is -2.50. The molecule has 2 aliphatic heterocycles. The van der Waals surface area contributed by atoms with E-state index in [-0.39, 0.29) is 5.84 Å². The van der Waals surface area contributed by atoms with Crippen molar-refractivity contribution in [2.24, 2.45) is 25.7 Å². The van der Waals surface area contributed by atoms with Crippen molar-refractivity contribution in [2.45, 2.75) is 0 Å². The number of azo groups is 1. The molecule has 3 rings (SSSR count). The number of fused-ring (bicyclic) bond motifs is 1. The minimum Gasteiger partial charge on any atom is -0.265 e. The van der Waals surface area contributed by atoms with E-state index in [0.717, 1.165) is 5.56 Å². The Kier molecular flexibility index (Phi) is 1.79. The molecule has 0 bridgehead atoms. The van der Waals surface area contributed by atoms with Crippen molar-refractivity contribution in [1.82, 2.24) is 0 Å². The van der Waals surface area contributed by atoms with E-state index in [4.69, 9.17) is 0 Å². The highest BCUT2D eigenvalue weighted by Crippen LogP contribution is 2.29. The summed E-state index contributed by atoms with van der Waals surface area (Å²) in [5.41, 5.74) is 1.64. The predicted molar refractivity (Wildman–Crippen MR) is 55.5 cm³/mol. The Balaban J connectivity index is 2.19. The topological polar surface area (TPSA) is 78.9 Å². The summed E-state index contributed by atoms with van der Waals surface area (Å²) in [5, 5.41) is 18.1. The number of benzene rings is 1. The van der Waals surface area contributed by atoms with E-state index in [0.29, 0.717) is 11.3 Å². The average molecular weight is 211 g/mol. The molecule has 0 N–H and O–H groups in total. The Bertz CT molecular complexity index is 582. The highest BCUT2D eigenvalue weighted by molar-refractivity contribution is 6.28. The molecule has 6 nitrogen and oxygen atoms in total. The van der Waals surface area contributed by atoms with Crippen molar-refractivity contribution in [3.8, 4) is 0 Å². The van der Waals surface area contributed by atoms with Crippen LogP contribution in [-0.4, -0.2) is 11.7 Å². The molecule has 0 radical (unpaired) electrons. The molecule has 16 heavy (non-hydrogen) atoms. The fourth-order valence-corrected chi connectivity index (χ4v) is 1.52. The summed E-state index contributed by atoms with van der Waals surface area (Å²) < 4.78 is 0. The van der Waals surface area contributed by atoms with Crippen molar-refractivity contribution in [1.29, 1.82) is 0 Å². The number of carbonyl (C=O) groups is 1. The van der Waals surface area contributed by atoms with Crippen molar-refractivity contribution < 1.29 is 4.79 Å². The number of hydrogen-bond acceptors (Lipinski definition) is 5. The molecule has 1 aromatic carbocycles. The maximum atomic E-state index is 11.5. The first-order chi connectivity index (χ1) is 7.86. The molecule has 0 fully saturated rings. The minimum atomic E-state index is -0.450. The van der Waals surface area contributed by atoms with Crippen LogP contribution in [0.15, 0.2) is 61.6 Å². The molecule has 2 heterocycles. The van der Waals surface area contributed by atoms with Crippen LogP contribution in [0.2, 0.25) is 0 Å². The van der Waals surface area contributed by atoms with Crippen LogP contribution >= 0.6 is 0 Å². The predicted octanol–water partition coefficient (Wildman–Crippen LogP) is 2.17. The smallest absolute Gasteiger partial charge is 0.265 e. The van der Waals surface area contributed by atoms with E-state index in [2.05, 4.69) is 25.7 Å². The molecular weight excluding hydrogens is 206 g/mol. The van der Waals surface area contributed by atoms with Gasteiger partial charge in [0.25, 0.3) is 0 Å². The maximum Gasteiger partial charge on any atom is 0.303 e. The molecule has 0 saturated carbocycles. The maximum absolute atomic E-state index is 11.5. The molecule has 1 amide bonds. The third-order valence-electron chi connectivity index (χ3n) is 2.24. The van der Waals surface area contributed by atoms with Crippen LogP contribution in [0.5, 0.6) is 0 Å². The normalized spacial score (nSPS) is 17.8. The molecule has 0 aliphatic carbocycles. The van der Waals surface area contributed by atoms with Gasteiger partial charge in [-0.3, -0.25) is 4.79 Å². The molecule has 0 aromatic heterocycles. The van der Waals surface area contributed by atoms with Gasteiger partial charge in [-0.25, -0.2) is 0 Å². The molecule has 0 atom stereocenters. The van der Waals surface area contributed by atoms with Crippen molar-refractivity contribution >= 4 is 17.4 Å². The molecule has 0 spiro atoms. The van der Waals surface area contributed by atoms with Gasteiger partial charge < -0.3 is 0 Å². The van der Waals surface area contributed by atoms with Gasteiger partial charge in [-0.1, -0.05) is 35.4 Å². The number of amides is 1. The summed E-state index contributed by atoms with van der Waals surface area (Å²) in [5.74, 6) is -0.215. The SMILES string of the molecule is O=C1N=NN=C2N=NC(c3ccccc3)=C12. The zero-order valence-corrected chi connectivity index (χ0v) is 8.03. The van der Waals surface area contributed by atoms with Crippen LogP contribution in [-0.2, 0) is 4.79 Å². The number of rotatable bonds is 1. The fourth-order valence-electron chi connectivity index (χ4n) is 1.52. The Morgan fingerprint density at radius 1 is 0.938 bits per heavy atom. The van der Waals surface area contributed by atoms with Crippen LogP contribution in [0.1, 0.15) is 5.56 Å². The fraction of sp³-hybridized carbons (Fsp3) is 0. The monoisotopic (exact) mass is 211 g/mol. The van der Waals surface area contributed by atoms with Gasteiger partial charge in [-0.05, 0) is 5.22 Å². The molecular formula is C10H5N5O. The molecule has 0 unspecified atom stereocenters. The third-order valence-corrected chi connectivity index (χ3v) is 2.24. The van der Waals surface area contributed by atoms with Crippen LogP contribution < -0.4 is 0 Å². The molecule has 0 saturated heterocycles. The van der Waals surface area contributed by atoms with Crippen LogP contribution in [0.3, 0.4) is 0 Å². The number of carbonyl (C=O) groups excluding carboxylic acids is 1. The number of hydrogen-bond donors (Lipinski definition) is 0. The van der Waals surface area contributed by atoms with Gasteiger partial charge in [0.1, 0.15) is 11.3 Å². The third kappa shape index (κ3) is 1.20. The molecule has 6 heteroatoms. The van der Waals surface area contributed by atoms with E-state index in [1.165, 1.54) is 0 Å². The van der Waals surface area contributed by atoms with Crippen molar-refractivity contribution in [3.63, 3.8) is 0 Å². The number of nitrogens with zero attached hydrogens (tertiary/aromatic N) is 5. The summed E-state index contributed by atoms with van der Waals surface area (Å²) in [6, 6.07) is 9.32. The van der Waals surface area contributed by atoms with Crippen molar-refractivity contribution in [2.75, 3.05) is 0 Å². The van der Waals surface area contributed by atoms with Gasteiger partial charge in [0.05, 0.1) is 0 Å². The van der Waals surface area contributed by atoms with Gasteiger partial charge in [0, 0.05) is 5.56 Å². The van der Waals surface area contributed by atoms with Crippen LogP contribution in [0, 0.1) is 0 Å². The summed E-state index contributed by atoms with van der Waals surface area (Å²) in [7, 11) is 0. The Labute approximate surface area is 90.1 Å². The zero-order valence-electron chi connectivity index (χ0n) is 8.03. The summed E-state index contributed by atoms with van der Waals surface area (Å²) in [6.45, 7) is 0. The van der Waals surface area contributed by atoms with Crippen LogP contribution in [0.25, 0.3) is 5.70 Å². The van der Waals surface area contributed by atoms with E-state index >= 15 is 0 Å². The van der Waals surface area contributed by atoms with E-state index in [1.54, 1.807) is 0 Å². The van der Waals surface area contributed by atoms with Crippen LogP contribution in [0.4, 0.5) is 0 Å². The summed E-state index contributed by atoms with van der Waals surface area (Å²) in [4.78, 5) is 11.5. The minimum absolute atomic E-state index is 0.235. The quantitative estimate of drug-likeness (QED) is 0.700. The lowest BCUT2D eigenvalue weighted by molar-refractivity contribution is -0.114. The van der Waals surface area contributed by atoms with Gasteiger partial charge in [0.15, 0.2) is 0 Å². The van der Waals surface area contributed by atoms with Gasteiger partial charge in [-0.15, -0.1) is 15.3 Å². The van der Waals surface area contributed by atoms with Gasteiger partial charge in [0.2, 0.25) is 5.84 Å². The van der Waals surface area contributed by atoms with E-state index in [1.807, 2.05) is 30.3 Å². The first kappa shape index (κ1) is 8.78. The van der Waals surface area contributed by atoms with Gasteiger partial charge in [-0.2, -0.15) is 0 Å². The molecule has 76 valence electrons. The first-order valence-electron chi connectivity index (χ1n) is 4.61. The highest BCUT2D eigenvalue weighted by atomic mass is 16.2. The summed E-state index contributed by atoms with van der Waals surface area (Å²) in [6.07, 6.45) is 0. The average Bonchev–Trinajstić information content (AvgIpc) is 2.75. The van der Waals surface area contributed by atoms with Crippen molar-refractivity contribution in [3.05, 3.63) is 41.5 Å².